The molecule has 4 nitrogen and oxygen atoms in total. The highest BCUT2D eigenvalue weighted by Gasteiger charge is 2.31. The van der Waals surface area contributed by atoms with E-state index in [2.05, 4.69) is 10.1 Å². The molecule has 1 fully saturated rings. The van der Waals surface area contributed by atoms with E-state index in [4.69, 9.17) is 10.3 Å². The van der Waals surface area contributed by atoms with Gasteiger partial charge >= 0.3 is 0 Å². The molecule has 4 heteroatoms. The van der Waals surface area contributed by atoms with Crippen molar-refractivity contribution in [3.8, 4) is 0 Å². The summed E-state index contributed by atoms with van der Waals surface area (Å²) in [6, 6.07) is 0. The van der Waals surface area contributed by atoms with Crippen LogP contribution in [-0.4, -0.2) is 10.1 Å². The molecule has 2 rings (SSSR count). The van der Waals surface area contributed by atoms with Crippen LogP contribution >= 0.6 is 0 Å². The average Bonchev–Trinajstić information content (AvgIpc) is 2.65. The van der Waals surface area contributed by atoms with Gasteiger partial charge in [-0.1, -0.05) is 37.3 Å². The second-order valence-corrected chi connectivity index (χ2v) is 4.18. The van der Waals surface area contributed by atoms with E-state index in [1.54, 1.807) is 0 Å². The van der Waals surface area contributed by atoms with E-state index < -0.39 is 0 Å². The predicted octanol–water partition coefficient (Wildman–Crippen LogP) is 1.97. The Morgan fingerprint density at radius 3 is 2.36 bits per heavy atom. The van der Waals surface area contributed by atoms with Crippen molar-refractivity contribution in [2.45, 2.75) is 50.5 Å². The van der Waals surface area contributed by atoms with Gasteiger partial charge in [0.2, 0.25) is 6.39 Å². The highest BCUT2D eigenvalue weighted by molar-refractivity contribution is 5.01. The van der Waals surface area contributed by atoms with Crippen molar-refractivity contribution in [2.24, 2.45) is 5.73 Å². The first-order valence-corrected chi connectivity index (χ1v) is 5.37. The summed E-state index contributed by atoms with van der Waals surface area (Å²) in [5, 5.41) is 3.87. The normalized spacial score (nSPS) is 22.6. The molecule has 1 heterocycles. The van der Waals surface area contributed by atoms with E-state index in [0.29, 0.717) is 5.82 Å². The van der Waals surface area contributed by atoms with E-state index in [1.807, 2.05) is 0 Å². The molecule has 0 unspecified atom stereocenters. The molecule has 78 valence electrons. The van der Waals surface area contributed by atoms with Crippen LogP contribution in [0.25, 0.3) is 0 Å². The molecular weight excluding hydrogens is 178 g/mol. The van der Waals surface area contributed by atoms with Crippen molar-refractivity contribution in [2.75, 3.05) is 0 Å². The van der Waals surface area contributed by atoms with E-state index >= 15 is 0 Å². The molecule has 0 saturated heterocycles. The zero-order valence-corrected chi connectivity index (χ0v) is 8.41. The SMILES string of the molecule is NC1(c2ncon2)CCCCCCC1. The molecule has 1 saturated carbocycles. The summed E-state index contributed by atoms with van der Waals surface area (Å²) < 4.78 is 4.76. The molecule has 0 radical (unpaired) electrons. The molecule has 0 aromatic carbocycles. The van der Waals surface area contributed by atoms with Gasteiger partial charge in [-0.25, -0.2) is 0 Å². The van der Waals surface area contributed by atoms with Crippen LogP contribution in [-0.2, 0) is 5.54 Å². The zero-order chi connectivity index (χ0) is 9.86. The fraction of sp³-hybridized carbons (Fsp3) is 0.800. The molecule has 0 atom stereocenters. The summed E-state index contributed by atoms with van der Waals surface area (Å²) in [5.74, 6) is 0.680. The predicted molar refractivity (Wildman–Crippen MR) is 52.5 cm³/mol. The highest BCUT2D eigenvalue weighted by Crippen LogP contribution is 2.30. The Morgan fingerprint density at radius 2 is 1.79 bits per heavy atom. The minimum absolute atomic E-state index is 0.340. The van der Waals surface area contributed by atoms with E-state index in [1.165, 1.54) is 38.5 Å². The third-order valence-corrected chi connectivity index (χ3v) is 3.05. The van der Waals surface area contributed by atoms with Crippen molar-refractivity contribution < 1.29 is 4.52 Å². The maximum Gasteiger partial charge on any atom is 0.213 e. The third kappa shape index (κ3) is 1.95. The lowest BCUT2D eigenvalue weighted by atomic mass is 9.84. The third-order valence-electron chi connectivity index (χ3n) is 3.05. The molecule has 1 aromatic rings. The van der Waals surface area contributed by atoms with Crippen LogP contribution in [0.4, 0.5) is 0 Å². The van der Waals surface area contributed by atoms with Crippen molar-refractivity contribution in [1.82, 2.24) is 10.1 Å². The lowest BCUT2D eigenvalue weighted by Crippen LogP contribution is -2.38. The van der Waals surface area contributed by atoms with Crippen molar-refractivity contribution in [3.63, 3.8) is 0 Å². The molecule has 0 aliphatic heterocycles. The van der Waals surface area contributed by atoms with E-state index in [-0.39, 0.29) is 5.54 Å². The Labute approximate surface area is 83.9 Å². The van der Waals surface area contributed by atoms with Crippen LogP contribution in [0.3, 0.4) is 0 Å². The van der Waals surface area contributed by atoms with Gasteiger partial charge < -0.3 is 10.3 Å². The largest absolute Gasteiger partial charge is 0.343 e. The van der Waals surface area contributed by atoms with Gasteiger partial charge in [0.25, 0.3) is 0 Å². The number of nitrogens with zero attached hydrogens (tertiary/aromatic N) is 2. The van der Waals surface area contributed by atoms with Gasteiger partial charge in [0.05, 0.1) is 5.54 Å². The Bertz CT molecular complexity index is 263. The molecular formula is C10H17N3O. The summed E-state index contributed by atoms with van der Waals surface area (Å²) in [7, 11) is 0. The van der Waals surface area contributed by atoms with E-state index in [0.717, 1.165) is 12.8 Å². The first-order chi connectivity index (χ1) is 6.81. The Kier molecular flexibility index (Phi) is 2.82. The van der Waals surface area contributed by atoms with Crippen LogP contribution < -0.4 is 5.73 Å². The first kappa shape index (κ1) is 9.65. The van der Waals surface area contributed by atoms with Gasteiger partial charge in [0.1, 0.15) is 0 Å². The van der Waals surface area contributed by atoms with Gasteiger partial charge in [0.15, 0.2) is 5.82 Å². The lowest BCUT2D eigenvalue weighted by molar-refractivity contribution is 0.293. The van der Waals surface area contributed by atoms with Crippen LogP contribution in [0.5, 0.6) is 0 Å². The molecule has 0 bridgehead atoms. The summed E-state index contributed by atoms with van der Waals surface area (Å²) in [6.45, 7) is 0. The monoisotopic (exact) mass is 195 g/mol. The smallest absolute Gasteiger partial charge is 0.213 e. The average molecular weight is 195 g/mol. The molecule has 0 spiro atoms. The molecule has 1 aliphatic carbocycles. The van der Waals surface area contributed by atoms with Crippen molar-refractivity contribution in [3.05, 3.63) is 12.2 Å². The second-order valence-electron chi connectivity index (χ2n) is 4.18. The van der Waals surface area contributed by atoms with Crippen LogP contribution in [0.2, 0.25) is 0 Å². The molecule has 1 aromatic heterocycles. The van der Waals surface area contributed by atoms with Gasteiger partial charge in [-0.15, -0.1) is 0 Å². The minimum atomic E-state index is -0.340. The van der Waals surface area contributed by atoms with Gasteiger partial charge in [-0.3, -0.25) is 0 Å². The van der Waals surface area contributed by atoms with Crippen molar-refractivity contribution >= 4 is 0 Å². The fourth-order valence-electron chi connectivity index (χ4n) is 2.15. The zero-order valence-electron chi connectivity index (χ0n) is 8.41. The second kappa shape index (κ2) is 4.09. The van der Waals surface area contributed by atoms with Crippen LogP contribution in [0.15, 0.2) is 10.9 Å². The van der Waals surface area contributed by atoms with Gasteiger partial charge in [-0.2, -0.15) is 4.98 Å². The standard InChI is InChI=1S/C10H17N3O/c11-10(9-12-8-14-13-9)6-4-2-1-3-5-7-10/h8H,1-7,11H2. The van der Waals surface area contributed by atoms with Gasteiger partial charge in [-0.05, 0) is 12.8 Å². The summed E-state index contributed by atoms with van der Waals surface area (Å²) in [4.78, 5) is 4.08. The highest BCUT2D eigenvalue weighted by atomic mass is 16.5. The van der Waals surface area contributed by atoms with Crippen LogP contribution in [0.1, 0.15) is 50.8 Å². The van der Waals surface area contributed by atoms with E-state index in [9.17, 15) is 0 Å². The number of hydrogen-bond acceptors (Lipinski definition) is 4. The Morgan fingerprint density at radius 1 is 1.14 bits per heavy atom. The maximum absolute atomic E-state index is 6.31. The molecule has 2 N–H and O–H groups in total. The summed E-state index contributed by atoms with van der Waals surface area (Å²) in [6.07, 6.45) is 9.55. The quantitative estimate of drug-likeness (QED) is 0.744. The number of hydrogen-bond donors (Lipinski definition) is 1. The number of aromatic nitrogens is 2. The Hall–Kier alpha value is -0.900. The summed E-state index contributed by atoms with van der Waals surface area (Å²) >= 11 is 0. The number of nitrogens with two attached hydrogens (primary N) is 1. The molecule has 1 aliphatic rings. The summed E-state index contributed by atoms with van der Waals surface area (Å²) in [5.41, 5.74) is 5.97. The van der Waals surface area contributed by atoms with Crippen LogP contribution in [0, 0.1) is 0 Å². The maximum atomic E-state index is 6.31. The molecule has 14 heavy (non-hydrogen) atoms. The first-order valence-electron chi connectivity index (χ1n) is 5.37. The van der Waals surface area contributed by atoms with Gasteiger partial charge in [0, 0.05) is 0 Å². The minimum Gasteiger partial charge on any atom is -0.343 e. The Balaban J connectivity index is 2.11. The number of rotatable bonds is 1. The lowest BCUT2D eigenvalue weighted by Gasteiger charge is -2.27. The van der Waals surface area contributed by atoms with Crippen molar-refractivity contribution in [1.29, 1.82) is 0 Å². The fourth-order valence-corrected chi connectivity index (χ4v) is 2.15. The molecule has 0 amide bonds. The topological polar surface area (TPSA) is 64.9 Å².